The number of piperidine rings is 1. The van der Waals surface area contributed by atoms with Gasteiger partial charge in [0.05, 0.1) is 11.0 Å². The van der Waals surface area contributed by atoms with Gasteiger partial charge in [0, 0.05) is 13.0 Å². The largest absolute Gasteiger partial charge is 0.480 e. The molecule has 1 amide bonds. The Morgan fingerprint density at radius 1 is 1.22 bits per heavy atom. The van der Waals surface area contributed by atoms with Crippen molar-refractivity contribution in [2.45, 2.75) is 36.8 Å². The van der Waals surface area contributed by atoms with Crippen molar-refractivity contribution in [2.75, 3.05) is 6.54 Å². The van der Waals surface area contributed by atoms with E-state index in [0.29, 0.717) is 0 Å². The first-order valence-corrected chi connectivity index (χ1v) is 8.34. The molecule has 0 spiro atoms. The molecule has 1 aromatic rings. The van der Waals surface area contributed by atoms with Crippen LogP contribution in [0.1, 0.15) is 18.4 Å². The normalized spacial score (nSPS) is 21.9. The van der Waals surface area contributed by atoms with E-state index in [-0.39, 0.29) is 24.3 Å². The second kappa shape index (κ2) is 6.55. The molecule has 2 rings (SSSR count). The zero-order valence-electron chi connectivity index (χ0n) is 12.4. The molecule has 126 valence electrons. The van der Waals surface area contributed by atoms with Crippen LogP contribution in [0.4, 0.5) is 4.79 Å². The molecule has 0 aliphatic carbocycles. The van der Waals surface area contributed by atoms with Crippen LogP contribution in [-0.4, -0.2) is 54.3 Å². The van der Waals surface area contributed by atoms with Gasteiger partial charge >= 0.3 is 12.1 Å². The summed E-state index contributed by atoms with van der Waals surface area (Å²) in [6.07, 6.45) is -2.33. The molecular weight excluding hydrogens is 326 g/mol. The maximum Gasteiger partial charge on any atom is 0.408 e. The van der Waals surface area contributed by atoms with Crippen molar-refractivity contribution in [3.63, 3.8) is 0 Å². The summed E-state index contributed by atoms with van der Waals surface area (Å²) in [4.78, 5) is 23.0. The highest BCUT2D eigenvalue weighted by Gasteiger charge is 2.38. The quantitative estimate of drug-likeness (QED) is 0.790. The van der Waals surface area contributed by atoms with Crippen LogP contribution < -0.4 is 0 Å². The number of rotatable bonds is 4. The van der Waals surface area contributed by atoms with Gasteiger partial charge in [-0.1, -0.05) is 17.7 Å². The van der Waals surface area contributed by atoms with Crippen molar-refractivity contribution >= 4 is 22.2 Å². The first-order valence-electron chi connectivity index (χ1n) is 6.93. The second-order valence-electron chi connectivity index (χ2n) is 5.34. The van der Waals surface area contributed by atoms with Gasteiger partial charge in [-0.3, -0.25) is 9.08 Å². The monoisotopic (exact) mass is 343 g/mol. The van der Waals surface area contributed by atoms with E-state index in [4.69, 9.17) is 14.4 Å². The van der Waals surface area contributed by atoms with Gasteiger partial charge in [0.15, 0.2) is 0 Å². The third-order valence-electron chi connectivity index (χ3n) is 3.66. The zero-order valence-corrected chi connectivity index (χ0v) is 13.2. The molecule has 0 saturated carbocycles. The molecule has 0 aromatic heterocycles. The van der Waals surface area contributed by atoms with Crippen molar-refractivity contribution in [1.82, 2.24) is 4.90 Å². The lowest BCUT2D eigenvalue weighted by molar-refractivity contribution is -0.145. The van der Waals surface area contributed by atoms with Gasteiger partial charge < -0.3 is 10.2 Å². The lowest BCUT2D eigenvalue weighted by Crippen LogP contribution is -2.51. The fourth-order valence-electron chi connectivity index (χ4n) is 2.42. The Hall–Kier alpha value is -2.13. The number of likely N-dealkylation sites (tertiary alicyclic amines) is 1. The Morgan fingerprint density at radius 3 is 2.35 bits per heavy atom. The maximum absolute atomic E-state index is 12.2. The van der Waals surface area contributed by atoms with Crippen LogP contribution in [0.25, 0.3) is 0 Å². The summed E-state index contributed by atoms with van der Waals surface area (Å²) in [7, 11) is -4.02. The standard InChI is InChI=1S/C14H17NO7S/c1-9-2-4-11(5-3-9)23(20,21)22-10-6-7-15(14(18)19)12(8-10)13(16)17/h2-5,10,12H,6-8H2,1H3,(H,16,17)(H,18,19). The molecule has 0 radical (unpaired) electrons. The van der Waals surface area contributed by atoms with Crippen molar-refractivity contribution in [1.29, 1.82) is 0 Å². The van der Waals surface area contributed by atoms with Gasteiger partial charge in [-0.15, -0.1) is 0 Å². The van der Waals surface area contributed by atoms with Crippen LogP contribution in [-0.2, 0) is 19.1 Å². The molecule has 1 heterocycles. The van der Waals surface area contributed by atoms with E-state index in [1.165, 1.54) is 12.1 Å². The number of hydrogen-bond acceptors (Lipinski definition) is 5. The summed E-state index contributed by atoms with van der Waals surface area (Å²) in [5.74, 6) is -1.33. The molecule has 2 unspecified atom stereocenters. The summed E-state index contributed by atoms with van der Waals surface area (Å²) in [6.45, 7) is 1.72. The Kier molecular flexibility index (Phi) is 4.90. The number of hydrogen-bond donors (Lipinski definition) is 2. The van der Waals surface area contributed by atoms with Gasteiger partial charge in [0.1, 0.15) is 6.04 Å². The van der Waals surface area contributed by atoms with Crippen LogP contribution >= 0.6 is 0 Å². The summed E-state index contributed by atoms with van der Waals surface area (Å²) in [6, 6.07) is 4.75. The van der Waals surface area contributed by atoms with Gasteiger partial charge in [-0.2, -0.15) is 8.42 Å². The van der Waals surface area contributed by atoms with Gasteiger partial charge in [0.25, 0.3) is 10.1 Å². The minimum atomic E-state index is -4.02. The number of benzene rings is 1. The topological polar surface area (TPSA) is 121 Å². The molecule has 8 nitrogen and oxygen atoms in total. The first-order chi connectivity index (χ1) is 10.7. The van der Waals surface area contributed by atoms with E-state index in [9.17, 15) is 18.0 Å². The number of carbonyl (C=O) groups is 2. The van der Waals surface area contributed by atoms with Gasteiger partial charge in [-0.25, -0.2) is 9.59 Å². The van der Waals surface area contributed by atoms with Crippen LogP contribution in [0, 0.1) is 6.92 Å². The Morgan fingerprint density at radius 2 is 1.83 bits per heavy atom. The lowest BCUT2D eigenvalue weighted by atomic mass is 10.0. The molecule has 1 saturated heterocycles. The van der Waals surface area contributed by atoms with E-state index in [2.05, 4.69) is 0 Å². The predicted molar refractivity (Wildman–Crippen MR) is 78.6 cm³/mol. The number of aryl methyl sites for hydroxylation is 1. The van der Waals surface area contributed by atoms with Crippen molar-refractivity contribution in [3.05, 3.63) is 29.8 Å². The summed E-state index contributed by atoms with van der Waals surface area (Å²) >= 11 is 0. The highest BCUT2D eigenvalue weighted by molar-refractivity contribution is 7.86. The highest BCUT2D eigenvalue weighted by atomic mass is 32.2. The zero-order chi connectivity index (χ0) is 17.2. The molecule has 2 atom stereocenters. The van der Waals surface area contributed by atoms with Crippen LogP contribution in [0.2, 0.25) is 0 Å². The van der Waals surface area contributed by atoms with Crippen molar-refractivity contribution < 1.29 is 32.4 Å². The minimum Gasteiger partial charge on any atom is -0.480 e. The van der Waals surface area contributed by atoms with E-state index >= 15 is 0 Å². The molecule has 1 fully saturated rings. The fraction of sp³-hybridized carbons (Fsp3) is 0.429. The second-order valence-corrected chi connectivity index (χ2v) is 6.91. The van der Waals surface area contributed by atoms with E-state index in [1.807, 2.05) is 6.92 Å². The number of carboxylic acids is 1. The Balaban J connectivity index is 2.13. The maximum atomic E-state index is 12.2. The Labute approximate surface area is 133 Å². The molecule has 0 bridgehead atoms. The third kappa shape index (κ3) is 3.99. The van der Waals surface area contributed by atoms with Crippen molar-refractivity contribution in [2.24, 2.45) is 0 Å². The number of amides is 1. The lowest BCUT2D eigenvalue weighted by Gasteiger charge is -2.34. The first kappa shape index (κ1) is 17.2. The SMILES string of the molecule is Cc1ccc(S(=O)(=O)OC2CCN(C(=O)O)C(C(=O)O)C2)cc1. The molecule has 9 heteroatoms. The number of nitrogens with zero attached hydrogens (tertiary/aromatic N) is 1. The smallest absolute Gasteiger partial charge is 0.408 e. The number of aliphatic carboxylic acids is 1. The summed E-state index contributed by atoms with van der Waals surface area (Å²) in [5, 5.41) is 18.1. The third-order valence-corrected chi connectivity index (χ3v) is 5.03. The molecular formula is C14H17NO7S. The van der Waals surface area contributed by atoms with Gasteiger partial charge in [-0.05, 0) is 25.5 Å². The molecule has 1 aliphatic rings. The van der Waals surface area contributed by atoms with Crippen molar-refractivity contribution in [3.8, 4) is 0 Å². The fourth-order valence-corrected chi connectivity index (χ4v) is 3.54. The summed E-state index contributed by atoms with van der Waals surface area (Å²) < 4.78 is 29.5. The van der Waals surface area contributed by atoms with Gasteiger partial charge in [0.2, 0.25) is 0 Å². The average molecular weight is 343 g/mol. The number of carboxylic acid groups (broad SMARTS) is 2. The molecule has 1 aliphatic heterocycles. The molecule has 1 aromatic carbocycles. The van der Waals surface area contributed by atoms with E-state index in [1.54, 1.807) is 12.1 Å². The van der Waals surface area contributed by atoms with E-state index in [0.717, 1.165) is 10.5 Å². The minimum absolute atomic E-state index is 0.0179. The highest BCUT2D eigenvalue weighted by Crippen LogP contribution is 2.24. The molecule has 2 N–H and O–H groups in total. The molecule has 23 heavy (non-hydrogen) atoms. The summed E-state index contributed by atoms with van der Waals surface area (Å²) in [5.41, 5.74) is 0.893. The van der Waals surface area contributed by atoms with Crippen LogP contribution in [0.15, 0.2) is 29.2 Å². The Bertz CT molecular complexity index is 698. The van der Waals surface area contributed by atoms with Crippen LogP contribution in [0.3, 0.4) is 0 Å². The van der Waals surface area contributed by atoms with Crippen LogP contribution in [0.5, 0.6) is 0 Å². The van der Waals surface area contributed by atoms with E-state index < -0.39 is 34.3 Å². The predicted octanol–water partition coefficient (Wildman–Crippen LogP) is 1.30. The average Bonchev–Trinajstić information content (AvgIpc) is 2.46.